The van der Waals surface area contributed by atoms with Crippen LogP contribution in [-0.4, -0.2) is 31.6 Å². The number of para-hydroxylation sites is 1. The number of nitrogens with zero attached hydrogens (tertiary/aromatic N) is 1. The molecule has 32 heavy (non-hydrogen) atoms. The van der Waals surface area contributed by atoms with E-state index in [0.717, 1.165) is 5.39 Å². The third kappa shape index (κ3) is 4.24. The largest absolute Gasteiger partial charge is 0.479 e. The first-order chi connectivity index (χ1) is 15.1. The molecule has 0 spiro atoms. The van der Waals surface area contributed by atoms with E-state index in [1.54, 1.807) is 36.4 Å². The summed E-state index contributed by atoms with van der Waals surface area (Å²) >= 11 is 0. The first-order valence-electron chi connectivity index (χ1n) is 10.1. The molecule has 2 aromatic carbocycles. The lowest BCUT2D eigenvalue weighted by Gasteiger charge is -2.42. The van der Waals surface area contributed by atoms with Crippen LogP contribution in [0.25, 0.3) is 10.9 Å². The summed E-state index contributed by atoms with van der Waals surface area (Å²) < 4.78 is 25.8. The molecule has 6 nitrogen and oxygen atoms in total. The van der Waals surface area contributed by atoms with Crippen LogP contribution in [0.1, 0.15) is 31.0 Å². The highest BCUT2D eigenvalue weighted by Gasteiger charge is 2.61. The molecule has 0 bridgehead atoms. The van der Waals surface area contributed by atoms with Crippen molar-refractivity contribution in [3.8, 4) is 0 Å². The van der Waals surface area contributed by atoms with Crippen LogP contribution in [0.3, 0.4) is 0 Å². The average molecular weight is 457 g/mol. The summed E-state index contributed by atoms with van der Waals surface area (Å²) in [5.41, 5.74) is -1.99. The smallest absolute Gasteiger partial charge is 0.346 e. The molecule has 0 aliphatic rings. The SMILES string of the molecule is CC(C)C=CC(c1ccc(F)cc1)C(O)(c1ccc2ccccc2n1)C(O)([PH2]=O)C(=O)O. The predicted molar refractivity (Wildman–Crippen MR) is 122 cm³/mol. The van der Waals surface area contributed by atoms with Gasteiger partial charge in [-0.1, -0.05) is 62.4 Å². The first-order valence-corrected chi connectivity index (χ1v) is 11.1. The van der Waals surface area contributed by atoms with Crippen molar-refractivity contribution < 1.29 is 29.1 Å². The number of carbonyl (C=O) groups is 1. The van der Waals surface area contributed by atoms with Gasteiger partial charge in [-0.15, -0.1) is 0 Å². The third-order valence-corrected chi connectivity index (χ3v) is 6.46. The molecule has 4 unspecified atom stereocenters. The number of hydrogen-bond donors (Lipinski definition) is 3. The first kappa shape index (κ1) is 23.8. The highest BCUT2D eigenvalue weighted by molar-refractivity contribution is 7.27. The Morgan fingerprint density at radius 1 is 1.03 bits per heavy atom. The molecule has 3 aromatic rings. The molecular weight excluding hydrogens is 432 g/mol. The monoisotopic (exact) mass is 457 g/mol. The molecule has 0 saturated carbocycles. The summed E-state index contributed by atoms with van der Waals surface area (Å²) in [6, 6.07) is 15.2. The van der Waals surface area contributed by atoms with Crippen LogP contribution in [0, 0.1) is 11.7 Å². The van der Waals surface area contributed by atoms with E-state index >= 15 is 0 Å². The number of hydrogen-bond acceptors (Lipinski definition) is 5. The summed E-state index contributed by atoms with van der Waals surface area (Å²) in [7, 11) is -2.41. The molecule has 0 fully saturated rings. The fraction of sp³-hybridized carbons (Fsp3) is 0.250. The zero-order valence-electron chi connectivity index (χ0n) is 17.6. The highest BCUT2D eigenvalue weighted by atomic mass is 31.1. The van der Waals surface area contributed by atoms with Gasteiger partial charge in [-0.2, -0.15) is 0 Å². The number of fused-ring (bicyclic) bond motifs is 1. The molecule has 1 aromatic heterocycles. The third-order valence-electron chi connectivity index (χ3n) is 5.43. The van der Waals surface area contributed by atoms with E-state index in [1.165, 1.54) is 36.4 Å². The van der Waals surface area contributed by atoms with Gasteiger partial charge in [0.2, 0.25) is 5.34 Å². The van der Waals surface area contributed by atoms with Crippen molar-refractivity contribution in [1.29, 1.82) is 0 Å². The topological polar surface area (TPSA) is 108 Å². The number of aliphatic carboxylic acids is 1. The minimum Gasteiger partial charge on any atom is -0.479 e. The van der Waals surface area contributed by atoms with E-state index in [2.05, 4.69) is 4.98 Å². The van der Waals surface area contributed by atoms with Gasteiger partial charge in [0.1, 0.15) is 14.3 Å². The van der Waals surface area contributed by atoms with Crippen LogP contribution in [0.4, 0.5) is 4.39 Å². The van der Waals surface area contributed by atoms with Crippen molar-refractivity contribution in [2.75, 3.05) is 0 Å². The second-order valence-corrected chi connectivity index (χ2v) is 9.07. The molecule has 0 saturated heterocycles. The van der Waals surface area contributed by atoms with Crippen molar-refractivity contribution in [2.24, 2.45) is 5.92 Å². The molecule has 0 amide bonds. The second-order valence-electron chi connectivity index (χ2n) is 8.00. The Morgan fingerprint density at radius 3 is 2.28 bits per heavy atom. The van der Waals surface area contributed by atoms with E-state index in [-0.39, 0.29) is 11.6 Å². The Hall–Kier alpha value is -2.86. The molecule has 4 atom stereocenters. The predicted octanol–water partition coefficient (Wildman–Crippen LogP) is 4.09. The fourth-order valence-electron chi connectivity index (χ4n) is 3.67. The molecular formula is C24H25FNO5P. The fourth-order valence-corrected chi connectivity index (χ4v) is 4.28. The summed E-state index contributed by atoms with van der Waals surface area (Å²) in [5, 5.41) is 30.7. The molecule has 168 valence electrons. The van der Waals surface area contributed by atoms with Crippen LogP contribution in [-0.2, 0) is 15.0 Å². The Kier molecular flexibility index (Phi) is 6.94. The van der Waals surface area contributed by atoms with Gasteiger partial charge in [0.05, 0.1) is 11.2 Å². The number of carboxylic acid groups (broad SMARTS) is 1. The van der Waals surface area contributed by atoms with Gasteiger partial charge in [0.25, 0.3) is 0 Å². The summed E-state index contributed by atoms with van der Waals surface area (Å²) in [4.78, 5) is 16.6. The van der Waals surface area contributed by atoms with E-state index in [4.69, 9.17) is 0 Å². The van der Waals surface area contributed by atoms with E-state index in [0.29, 0.717) is 11.1 Å². The Labute approximate surface area is 186 Å². The number of carboxylic acids is 1. The van der Waals surface area contributed by atoms with Gasteiger partial charge in [-0.05, 0) is 35.7 Å². The maximum Gasteiger partial charge on any atom is 0.346 e. The molecule has 0 aliphatic heterocycles. The van der Waals surface area contributed by atoms with Gasteiger partial charge in [-0.3, -0.25) is 0 Å². The van der Waals surface area contributed by atoms with E-state index in [9.17, 15) is 29.1 Å². The lowest BCUT2D eigenvalue weighted by atomic mass is 9.74. The maximum absolute atomic E-state index is 13.6. The molecule has 0 radical (unpaired) electrons. The molecule has 3 rings (SSSR count). The Balaban J connectivity index is 2.37. The number of rotatable bonds is 8. The number of allylic oxidation sites excluding steroid dienone is 1. The number of pyridine rings is 1. The summed E-state index contributed by atoms with van der Waals surface area (Å²) in [6.07, 6.45) is 3.26. The normalized spacial score (nSPS) is 17.1. The minimum atomic E-state index is -3.04. The van der Waals surface area contributed by atoms with Gasteiger partial charge in [-0.25, -0.2) is 14.2 Å². The summed E-state index contributed by atoms with van der Waals surface area (Å²) in [6.45, 7) is 3.77. The van der Waals surface area contributed by atoms with Crippen LogP contribution in [0.5, 0.6) is 0 Å². The van der Waals surface area contributed by atoms with Crippen LogP contribution in [0.2, 0.25) is 0 Å². The number of aliphatic hydroxyl groups is 2. The van der Waals surface area contributed by atoms with Crippen molar-refractivity contribution >= 4 is 25.3 Å². The standard InChI is InChI=1S/C24H25FNO5P/c1-15(2)7-13-19(16-8-11-18(25)12-9-16)23(29,24(30,32-31)22(27)28)21-14-10-17-5-3-4-6-20(17)26-21/h3-15,19,29-30H,32H2,1-2H3,(H,27,28). The zero-order chi connectivity index (χ0) is 23.5. The Bertz CT molecular complexity index is 1170. The average Bonchev–Trinajstić information content (AvgIpc) is 2.78. The van der Waals surface area contributed by atoms with Gasteiger partial charge < -0.3 is 19.9 Å². The van der Waals surface area contributed by atoms with E-state index < -0.39 is 37.1 Å². The van der Waals surface area contributed by atoms with Gasteiger partial charge >= 0.3 is 5.97 Å². The lowest BCUT2D eigenvalue weighted by Crippen LogP contribution is -2.56. The summed E-state index contributed by atoms with van der Waals surface area (Å²) in [5.74, 6) is -3.54. The van der Waals surface area contributed by atoms with Gasteiger partial charge in [0, 0.05) is 11.3 Å². The van der Waals surface area contributed by atoms with Crippen molar-refractivity contribution in [3.63, 3.8) is 0 Å². The van der Waals surface area contributed by atoms with Crippen LogP contribution in [0.15, 0.2) is 72.8 Å². The highest BCUT2D eigenvalue weighted by Crippen LogP contribution is 2.50. The van der Waals surface area contributed by atoms with Crippen LogP contribution < -0.4 is 0 Å². The maximum atomic E-state index is 13.6. The second kappa shape index (κ2) is 9.33. The molecule has 3 N–H and O–H groups in total. The number of aromatic nitrogens is 1. The lowest BCUT2D eigenvalue weighted by molar-refractivity contribution is -0.176. The zero-order valence-corrected chi connectivity index (χ0v) is 18.8. The number of benzene rings is 2. The molecule has 8 heteroatoms. The van der Waals surface area contributed by atoms with Crippen molar-refractivity contribution in [3.05, 3.63) is 89.9 Å². The quantitative estimate of drug-likeness (QED) is 0.347. The minimum absolute atomic E-state index is 0.0179. The van der Waals surface area contributed by atoms with Crippen LogP contribution >= 0.6 is 8.46 Å². The number of halogens is 1. The van der Waals surface area contributed by atoms with Crippen molar-refractivity contribution in [1.82, 2.24) is 4.98 Å². The van der Waals surface area contributed by atoms with Gasteiger partial charge in [0.15, 0.2) is 5.60 Å². The van der Waals surface area contributed by atoms with Crippen molar-refractivity contribution in [2.45, 2.75) is 30.7 Å². The Morgan fingerprint density at radius 2 is 1.69 bits per heavy atom. The molecule has 0 aliphatic carbocycles. The van der Waals surface area contributed by atoms with E-state index in [1.807, 2.05) is 13.8 Å². The molecule has 1 heterocycles.